The summed E-state index contributed by atoms with van der Waals surface area (Å²) in [5, 5.41) is 0. The first-order valence-electron chi connectivity index (χ1n) is 11.2. The zero-order chi connectivity index (χ0) is 24.6. The van der Waals surface area contributed by atoms with Crippen LogP contribution in [0.25, 0.3) is 0 Å². The molecule has 2 heterocycles. The molecule has 2 fully saturated rings. The molecule has 2 saturated heterocycles. The minimum atomic E-state index is -4.63. The second-order valence-corrected chi connectivity index (χ2v) is 11.1. The lowest BCUT2D eigenvalue weighted by Crippen LogP contribution is -2.60. The molecule has 0 aliphatic carbocycles. The molecule has 0 saturated carbocycles. The maximum atomic E-state index is 13.4. The van der Waals surface area contributed by atoms with Gasteiger partial charge in [0.1, 0.15) is 0 Å². The Kier molecular flexibility index (Phi) is 7.77. The fourth-order valence-electron chi connectivity index (χ4n) is 4.63. The molecule has 3 rings (SSSR count). The van der Waals surface area contributed by atoms with E-state index in [-0.39, 0.29) is 56.3 Å². The van der Waals surface area contributed by atoms with Crippen molar-refractivity contribution in [1.82, 2.24) is 14.1 Å². The second kappa shape index (κ2) is 9.89. The normalized spacial score (nSPS) is 24.8. The fourth-order valence-corrected chi connectivity index (χ4v) is 6.09. The van der Waals surface area contributed by atoms with Crippen LogP contribution in [0, 0.1) is 5.92 Å². The molecule has 33 heavy (non-hydrogen) atoms. The van der Waals surface area contributed by atoms with Crippen molar-refractivity contribution in [3.8, 4) is 0 Å². The smallest absolute Gasteiger partial charge is 0.373 e. The first-order valence-corrected chi connectivity index (χ1v) is 12.6. The molecule has 7 nitrogen and oxygen atoms in total. The van der Waals surface area contributed by atoms with E-state index < -0.39 is 26.7 Å². The first kappa shape index (κ1) is 25.9. The Hall–Kier alpha value is -1.69. The Morgan fingerprint density at radius 3 is 2.15 bits per heavy atom. The van der Waals surface area contributed by atoms with E-state index >= 15 is 0 Å². The largest absolute Gasteiger partial charge is 0.416 e. The Labute approximate surface area is 193 Å². The topological polar surface area (TPSA) is 70.2 Å². The maximum absolute atomic E-state index is 13.4. The summed E-state index contributed by atoms with van der Waals surface area (Å²) >= 11 is 0. The third kappa shape index (κ3) is 5.87. The number of benzene rings is 1. The van der Waals surface area contributed by atoms with Crippen LogP contribution >= 0.6 is 0 Å². The Morgan fingerprint density at radius 2 is 1.64 bits per heavy atom. The van der Waals surface area contributed by atoms with Crippen LogP contribution in [0.1, 0.15) is 33.3 Å². The number of hydrogen-bond acceptors (Lipinski definition) is 5. The van der Waals surface area contributed by atoms with Gasteiger partial charge in [-0.05, 0) is 38.0 Å². The van der Waals surface area contributed by atoms with Crippen molar-refractivity contribution in [3.05, 3.63) is 29.8 Å². The Morgan fingerprint density at radius 1 is 1.06 bits per heavy atom. The lowest BCUT2D eigenvalue weighted by molar-refractivity contribution is -0.146. The van der Waals surface area contributed by atoms with Gasteiger partial charge in [0.25, 0.3) is 0 Å². The van der Waals surface area contributed by atoms with Gasteiger partial charge < -0.3 is 9.64 Å². The number of amides is 1. The third-order valence-corrected chi connectivity index (χ3v) is 7.97. The molecule has 1 aromatic rings. The summed E-state index contributed by atoms with van der Waals surface area (Å²) in [5.74, 6) is 0.00397. The van der Waals surface area contributed by atoms with Crippen molar-refractivity contribution in [2.24, 2.45) is 5.92 Å². The average molecular weight is 492 g/mol. The van der Waals surface area contributed by atoms with Gasteiger partial charge in [-0.15, -0.1) is 0 Å². The van der Waals surface area contributed by atoms with Gasteiger partial charge in [-0.3, -0.25) is 9.69 Å². The molecule has 0 N–H and O–H groups in total. The van der Waals surface area contributed by atoms with Gasteiger partial charge in [-0.1, -0.05) is 19.9 Å². The van der Waals surface area contributed by atoms with Crippen LogP contribution in [0.15, 0.2) is 29.2 Å². The number of halogens is 3. The third-order valence-electron chi connectivity index (χ3n) is 6.08. The molecule has 186 valence electrons. The maximum Gasteiger partial charge on any atom is 0.416 e. The van der Waals surface area contributed by atoms with E-state index in [4.69, 9.17) is 4.74 Å². The van der Waals surface area contributed by atoms with Crippen molar-refractivity contribution < 1.29 is 31.1 Å². The summed E-state index contributed by atoms with van der Waals surface area (Å²) in [4.78, 5) is 16.8. The molecule has 0 aromatic heterocycles. The summed E-state index contributed by atoms with van der Waals surface area (Å²) in [6, 6.07) is 3.41. The number of rotatable bonds is 5. The number of morpholine rings is 1. The molecule has 11 heteroatoms. The number of hydrogen-bond donors (Lipinski definition) is 0. The van der Waals surface area contributed by atoms with E-state index in [2.05, 4.69) is 4.90 Å². The highest BCUT2D eigenvalue weighted by Gasteiger charge is 2.39. The van der Waals surface area contributed by atoms with Crippen LogP contribution in [0.3, 0.4) is 0 Å². The molecular weight excluding hydrogens is 459 g/mol. The summed E-state index contributed by atoms with van der Waals surface area (Å²) in [6.45, 7) is 9.65. The predicted octanol–water partition coefficient (Wildman–Crippen LogP) is 2.67. The molecule has 3 atom stereocenters. The monoisotopic (exact) mass is 491 g/mol. The number of carbonyl (C=O) groups excluding carboxylic acids is 1. The highest BCUT2D eigenvalue weighted by atomic mass is 32.2. The van der Waals surface area contributed by atoms with Crippen LogP contribution in [0.5, 0.6) is 0 Å². The molecule has 3 unspecified atom stereocenters. The van der Waals surface area contributed by atoms with Crippen molar-refractivity contribution in [2.75, 3.05) is 39.3 Å². The van der Waals surface area contributed by atoms with Crippen LogP contribution in [-0.4, -0.2) is 85.9 Å². The lowest BCUT2D eigenvalue weighted by atomic mass is 9.98. The van der Waals surface area contributed by atoms with Gasteiger partial charge >= 0.3 is 6.18 Å². The van der Waals surface area contributed by atoms with Gasteiger partial charge in [-0.25, -0.2) is 8.42 Å². The predicted molar refractivity (Wildman–Crippen MR) is 117 cm³/mol. The summed E-state index contributed by atoms with van der Waals surface area (Å²) < 4.78 is 71.9. The Bertz CT molecular complexity index is 936. The Balaban J connectivity index is 1.70. The van der Waals surface area contributed by atoms with E-state index in [0.717, 1.165) is 22.5 Å². The molecule has 2 aliphatic rings. The van der Waals surface area contributed by atoms with Crippen molar-refractivity contribution >= 4 is 15.9 Å². The first-order chi connectivity index (χ1) is 15.3. The average Bonchev–Trinajstić information content (AvgIpc) is 2.72. The van der Waals surface area contributed by atoms with Crippen LogP contribution in [-0.2, 0) is 25.7 Å². The second-order valence-electron chi connectivity index (χ2n) is 9.16. The van der Waals surface area contributed by atoms with Gasteiger partial charge in [0.2, 0.25) is 15.9 Å². The minimum absolute atomic E-state index is 0.0113. The van der Waals surface area contributed by atoms with Crippen molar-refractivity contribution in [2.45, 2.75) is 57.0 Å². The van der Waals surface area contributed by atoms with E-state index in [1.165, 1.54) is 0 Å². The minimum Gasteiger partial charge on any atom is -0.373 e. The van der Waals surface area contributed by atoms with Crippen molar-refractivity contribution in [1.29, 1.82) is 0 Å². The number of alkyl halides is 3. The molecule has 0 bridgehead atoms. The molecule has 0 spiro atoms. The lowest BCUT2D eigenvalue weighted by Gasteiger charge is -2.43. The summed E-state index contributed by atoms with van der Waals surface area (Å²) in [6.07, 6.45) is -4.61. The molecule has 1 aromatic carbocycles. The molecule has 1 amide bonds. The van der Waals surface area contributed by atoms with Crippen LogP contribution in [0.2, 0.25) is 0 Å². The fraction of sp³-hybridized carbons (Fsp3) is 0.682. The van der Waals surface area contributed by atoms with E-state index in [1.54, 1.807) is 4.90 Å². The zero-order valence-electron chi connectivity index (χ0n) is 19.4. The molecule has 0 radical (unpaired) electrons. The number of piperazine rings is 1. The van der Waals surface area contributed by atoms with E-state index in [1.807, 2.05) is 27.7 Å². The standard InChI is InChI=1S/C22H32F3N3O4S/c1-15(2)20(27-13-16(3)32-17(4)14-27)21(29)26-8-10-28(11-9-26)33(30,31)19-7-5-6-18(12-19)22(23,24)25/h5-7,12,15-17,20H,8-11,13-14H2,1-4H3. The van der Waals surface area contributed by atoms with E-state index in [0.29, 0.717) is 19.2 Å². The van der Waals surface area contributed by atoms with Gasteiger partial charge in [0.15, 0.2) is 0 Å². The van der Waals surface area contributed by atoms with Crippen molar-refractivity contribution in [3.63, 3.8) is 0 Å². The number of sulfonamides is 1. The number of ether oxygens (including phenoxy) is 1. The number of carbonyl (C=O) groups is 1. The zero-order valence-corrected chi connectivity index (χ0v) is 20.2. The SMILES string of the molecule is CC1CN(C(C(=O)N2CCN(S(=O)(=O)c3cccc(C(F)(F)F)c3)CC2)C(C)C)CC(C)O1. The van der Waals surface area contributed by atoms with Crippen LogP contribution in [0.4, 0.5) is 13.2 Å². The highest BCUT2D eigenvalue weighted by molar-refractivity contribution is 7.89. The van der Waals surface area contributed by atoms with Gasteiger partial charge in [-0.2, -0.15) is 17.5 Å². The van der Waals surface area contributed by atoms with Gasteiger partial charge in [0, 0.05) is 39.3 Å². The highest BCUT2D eigenvalue weighted by Crippen LogP contribution is 2.31. The summed E-state index contributed by atoms with van der Waals surface area (Å²) in [7, 11) is -4.10. The number of nitrogens with zero attached hydrogens (tertiary/aromatic N) is 3. The van der Waals surface area contributed by atoms with Gasteiger partial charge in [0.05, 0.1) is 28.7 Å². The van der Waals surface area contributed by atoms with Crippen LogP contribution < -0.4 is 0 Å². The van der Waals surface area contributed by atoms with E-state index in [9.17, 15) is 26.4 Å². The summed E-state index contributed by atoms with van der Waals surface area (Å²) in [5.41, 5.74) is -1.01. The molecule has 2 aliphatic heterocycles. The quantitative estimate of drug-likeness (QED) is 0.634. The molecular formula is C22H32F3N3O4S.